The van der Waals surface area contributed by atoms with Gasteiger partial charge in [0.1, 0.15) is 5.82 Å². The van der Waals surface area contributed by atoms with E-state index in [0.29, 0.717) is 5.82 Å². The van der Waals surface area contributed by atoms with Crippen LogP contribution in [-0.4, -0.2) is 28.0 Å². The van der Waals surface area contributed by atoms with Gasteiger partial charge in [-0.05, 0) is 37.0 Å². The molecule has 0 radical (unpaired) electrons. The summed E-state index contributed by atoms with van der Waals surface area (Å²) in [6, 6.07) is 0. The zero-order valence-corrected chi connectivity index (χ0v) is 11.9. The van der Waals surface area contributed by atoms with Crippen molar-refractivity contribution >= 4 is 17.3 Å². The molecule has 5 heteroatoms. The molecule has 0 amide bonds. The minimum atomic E-state index is 0.547. The first-order valence-corrected chi connectivity index (χ1v) is 7.51. The van der Waals surface area contributed by atoms with E-state index in [1.807, 2.05) is 16.8 Å². The number of hydrogen-bond acceptors (Lipinski definition) is 4. The maximum Gasteiger partial charge on any atom is 0.180 e. The number of hydrogen-bond donors (Lipinski definition) is 1. The lowest BCUT2D eigenvalue weighted by Gasteiger charge is -2.28. The summed E-state index contributed by atoms with van der Waals surface area (Å²) in [6.07, 6.45) is 11.2. The zero-order valence-electron chi connectivity index (χ0n) is 11.9. The average Bonchev–Trinajstić information content (AvgIpc) is 3.12. The molecule has 20 heavy (non-hydrogen) atoms. The molecule has 0 aromatic carbocycles. The summed E-state index contributed by atoms with van der Waals surface area (Å²) >= 11 is 0. The van der Waals surface area contributed by atoms with Crippen molar-refractivity contribution in [3.05, 3.63) is 18.6 Å². The van der Waals surface area contributed by atoms with E-state index in [-0.39, 0.29) is 0 Å². The van der Waals surface area contributed by atoms with E-state index in [1.54, 1.807) is 6.20 Å². The Bertz CT molecular complexity index is 634. The predicted molar refractivity (Wildman–Crippen MR) is 79.6 cm³/mol. The molecule has 2 aliphatic carbocycles. The van der Waals surface area contributed by atoms with Gasteiger partial charge in [0, 0.05) is 26.0 Å². The minimum Gasteiger partial charge on any atom is -0.382 e. The molecule has 2 heterocycles. The van der Waals surface area contributed by atoms with E-state index in [9.17, 15) is 0 Å². The largest absolute Gasteiger partial charge is 0.382 e. The van der Waals surface area contributed by atoms with Gasteiger partial charge in [-0.2, -0.15) is 0 Å². The molecule has 0 saturated heterocycles. The van der Waals surface area contributed by atoms with Crippen LogP contribution in [-0.2, 0) is 0 Å². The Hall–Kier alpha value is -1.78. The maximum atomic E-state index is 5.90. The number of nitrogens with two attached hydrogens (primary N) is 1. The summed E-state index contributed by atoms with van der Waals surface area (Å²) < 4.78 is 1.95. The van der Waals surface area contributed by atoms with E-state index in [2.05, 4.69) is 21.9 Å². The van der Waals surface area contributed by atoms with Gasteiger partial charge in [0.15, 0.2) is 11.5 Å². The summed E-state index contributed by atoms with van der Waals surface area (Å²) in [5.41, 5.74) is 6.80. The van der Waals surface area contributed by atoms with Crippen LogP contribution in [0.1, 0.15) is 25.7 Å². The number of aromatic nitrogens is 3. The Kier molecular flexibility index (Phi) is 2.62. The number of imidazole rings is 1. The lowest BCUT2D eigenvalue weighted by molar-refractivity contribution is 0.337. The number of fused-ring (bicyclic) bond motifs is 3. The number of anilines is 2. The van der Waals surface area contributed by atoms with Crippen molar-refractivity contribution in [3.8, 4) is 0 Å². The van der Waals surface area contributed by atoms with E-state index >= 15 is 0 Å². The lowest BCUT2D eigenvalue weighted by atomic mass is 9.88. The monoisotopic (exact) mass is 271 g/mol. The molecule has 2 aromatic rings. The summed E-state index contributed by atoms with van der Waals surface area (Å²) in [5.74, 6) is 4.18. The van der Waals surface area contributed by atoms with Crippen LogP contribution in [0.4, 0.5) is 11.6 Å². The number of nitrogens with zero attached hydrogens (tertiary/aromatic N) is 4. The topological polar surface area (TPSA) is 59.5 Å². The Morgan fingerprint density at radius 1 is 1.40 bits per heavy atom. The molecule has 2 saturated carbocycles. The normalized spacial score (nSPS) is 28.4. The van der Waals surface area contributed by atoms with Crippen molar-refractivity contribution in [2.75, 3.05) is 24.2 Å². The third kappa shape index (κ3) is 1.84. The van der Waals surface area contributed by atoms with E-state index in [0.717, 1.165) is 35.8 Å². The van der Waals surface area contributed by atoms with Crippen LogP contribution >= 0.6 is 0 Å². The van der Waals surface area contributed by atoms with Crippen LogP contribution < -0.4 is 10.6 Å². The molecular formula is C15H21N5. The van der Waals surface area contributed by atoms with Crippen LogP contribution in [0.5, 0.6) is 0 Å². The smallest absolute Gasteiger partial charge is 0.180 e. The fourth-order valence-corrected chi connectivity index (χ4v) is 4.23. The minimum absolute atomic E-state index is 0.547. The van der Waals surface area contributed by atoms with Crippen molar-refractivity contribution in [1.82, 2.24) is 14.4 Å². The lowest BCUT2D eigenvalue weighted by Crippen LogP contribution is -2.29. The number of rotatable bonds is 3. The fraction of sp³-hybridized carbons (Fsp3) is 0.600. The highest BCUT2D eigenvalue weighted by molar-refractivity contribution is 5.66. The van der Waals surface area contributed by atoms with Crippen molar-refractivity contribution in [2.45, 2.75) is 25.7 Å². The first-order valence-electron chi connectivity index (χ1n) is 7.51. The highest BCUT2D eigenvalue weighted by Gasteiger charge is 2.39. The van der Waals surface area contributed by atoms with Crippen molar-refractivity contribution in [3.63, 3.8) is 0 Å². The molecule has 2 N–H and O–H groups in total. The van der Waals surface area contributed by atoms with Gasteiger partial charge in [0.25, 0.3) is 0 Å². The summed E-state index contributed by atoms with van der Waals surface area (Å²) in [5, 5.41) is 0. The molecule has 0 spiro atoms. The highest BCUT2D eigenvalue weighted by atomic mass is 15.2. The second-order valence-corrected chi connectivity index (χ2v) is 6.46. The molecule has 0 aliphatic heterocycles. The van der Waals surface area contributed by atoms with Gasteiger partial charge in [-0.1, -0.05) is 6.42 Å². The van der Waals surface area contributed by atoms with Gasteiger partial charge in [0.05, 0.1) is 6.20 Å². The summed E-state index contributed by atoms with van der Waals surface area (Å²) in [4.78, 5) is 11.1. The molecule has 3 atom stereocenters. The van der Waals surface area contributed by atoms with Gasteiger partial charge < -0.3 is 15.0 Å². The highest BCUT2D eigenvalue weighted by Crippen LogP contribution is 2.48. The molecule has 2 aliphatic rings. The molecule has 4 rings (SSSR count). The van der Waals surface area contributed by atoms with Crippen LogP contribution in [0.3, 0.4) is 0 Å². The van der Waals surface area contributed by atoms with Crippen LogP contribution in [0.2, 0.25) is 0 Å². The molecule has 2 fully saturated rings. The molecular weight excluding hydrogens is 250 g/mol. The van der Waals surface area contributed by atoms with Crippen LogP contribution in [0.25, 0.3) is 5.65 Å². The third-order valence-corrected chi connectivity index (χ3v) is 5.13. The van der Waals surface area contributed by atoms with Crippen molar-refractivity contribution in [2.24, 2.45) is 17.8 Å². The Morgan fingerprint density at radius 3 is 3.05 bits per heavy atom. The quantitative estimate of drug-likeness (QED) is 0.929. The van der Waals surface area contributed by atoms with Crippen molar-refractivity contribution in [1.29, 1.82) is 0 Å². The second-order valence-electron chi connectivity index (χ2n) is 6.46. The predicted octanol–water partition coefficient (Wildman–Crippen LogP) is 2.18. The van der Waals surface area contributed by atoms with Crippen LogP contribution in [0.15, 0.2) is 18.6 Å². The maximum absolute atomic E-state index is 5.90. The standard InChI is InChI=1S/C15H21N5/c1-19(8-12-7-10-2-3-11(12)6-10)15-14-17-4-5-20(14)9-13(16)18-15/h4-5,9-12H,2-3,6-8,16H2,1H3. The molecule has 3 unspecified atom stereocenters. The molecule has 106 valence electrons. The molecule has 2 bridgehead atoms. The summed E-state index contributed by atoms with van der Waals surface area (Å²) in [7, 11) is 2.11. The fourth-order valence-electron chi connectivity index (χ4n) is 4.23. The Balaban J connectivity index is 1.60. The third-order valence-electron chi connectivity index (χ3n) is 5.13. The van der Waals surface area contributed by atoms with Crippen LogP contribution in [0, 0.1) is 17.8 Å². The second kappa shape index (κ2) is 4.36. The zero-order chi connectivity index (χ0) is 13.7. The Morgan fingerprint density at radius 2 is 2.30 bits per heavy atom. The number of nitrogen functional groups attached to an aromatic ring is 1. The van der Waals surface area contributed by atoms with E-state index in [1.165, 1.54) is 25.7 Å². The van der Waals surface area contributed by atoms with Gasteiger partial charge in [-0.25, -0.2) is 9.97 Å². The van der Waals surface area contributed by atoms with Gasteiger partial charge in [-0.15, -0.1) is 0 Å². The first-order chi connectivity index (χ1) is 9.70. The Labute approximate surface area is 118 Å². The molecule has 2 aromatic heterocycles. The van der Waals surface area contributed by atoms with E-state index in [4.69, 9.17) is 5.73 Å². The van der Waals surface area contributed by atoms with Gasteiger partial charge >= 0.3 is 0 Å². The van der Waals surface area contributed by atoms with Gasteiger partial charge in [0.2, 0.25) is 0 Å². The first kappa shape index (κ1) is 12.0. The average molecular weight is 271 g/mol. The van der Waals surface area contributed by atoms with E-state index < -0.39 is 0 Å². The van der Waals surface area contributed by atoms with Crippen molar-refractivity contribution < 1.29 is 0 Å². The SMILES string of the molecule is CN(CC1CC2CCC1C2)c1nc(N)cn2ccnc12. The molecule has 5 nitrogen and oxygen atoms in total. The van der Waals surface area contributed by atoms with Gasteiger partial charge in [-0.3, -0.25) is 0 Å². The summed E-state index contributed by atoms with van der Waals surface area (Å²) in [6.45, 7) is 1.07.